The largest absolute Gasteiger partial charge is 0.454 e. The number of carbonyl (C=O) groups excluding carboxylic acids is 1. The van der Waals surface area contributed by atoms with Crippen molar-refractivity contribution < 1.29 is 19.0 Å². The van der Waals surface area contributed by atoms with Crippen molar-refractivity contribution in [3.05, 3.63) is 54.2 Å². The molecule has 1 fully saturated rings. The topological polar surface area (TPSA) is 65.0 Å². The summed E-state index contributed by atoms with van der Waals surface area (Å²) in [4.78, 5) is 15.7. The molecule has 0 atom stereocenters. The molecule has 30 heavy (non-hydrogen) atoms. The molecule has 0 radical (unpaired) electrons. The number of nitrogens with zero attached hydrogens (tertiary/aromatic N) is 2. The molecule has 8 heteroatoms. The number of hydrogen-bond acceptors (Lipinski definition) is 5. The van der Waals surface area contributed by atoms with Gasteiger partial charge in [-0.25, -0.2) is 0 Å². The van der Waals surface area contributed by atoms with Crippen molar-refractivity contribution in [2.75, 3.05) is 38.4 Å². The second kappa shape index (κ2) is 7.97. The summed E-state index contributed by atoms with van der Waals surface area (Å²) in [6.07, 6.45) is 1.97. The Hall–Kier alpha value is -3.10. The third kappa shape index (κ3) is 3.59. The zero-order valence-corrected chi connectivity index (χ0v) is 17.1. The first kappa shape index (κ1) is 18.9. The fourth-order valence-corrected chi connectivity index (χ4v) is 4.16. The lowest BCUT2D eigenvalue weighted by Crippen LogP contribution is -2.40. The van der Waals surface area contributed by atoms with Crippen molar-refractivity contribution in [2.24, 2.45) is 0 Å². The molecule has 1 aromatic heterocycles. The van der Waals surface area contributed by atoms with Gasteiger partial charge in [-0.05, 0) is 18.2 Å². The summed E-state index contributed by atoms with van der Waals surface area (Å²) >= 11 is 5.78. The minimum atomic E-state index is -0.126. The smallest absolute Gasteiger partial charge is 0.244 e. The molecule has 7 nitrogen and oxygen atoms in total. The Morgan fingerprint density at radius 3 is 2.73 bits per heavy atom. The van der Waals surface area contributed by atoms with Crippen LogP contribution in [0.2, 0.25) is 0 Å². The van der Waals surface area contributed by atoms with Crippen LogP contribution in [0.15, 0.2) is 48.7 Å². The molecular formula is C22H21N3O4S. The van der Waals surface area contributed by atoms with E-state index in [0.29, 0.717) is 30.4 Å². The maximum absolute atomic E-state index is 12.7. The lowest BCUT2D eigenvalue weighted by Gasteiger charge is -2.29. The van der Waals surface area contributed by atoms with Crippen LogP contribution in [0.25, 0.3) is 10.9 Å². The average Bonchev–Trinajstić information content (AvgIpc) is 3.38. The standard InChI is InChI=1S/C22H21N3O4S/c26-21(23-15-5-6-19-20(11-15)29-14-28-19)13-25-12-17(16-3-1-2-4-18(16)25)22(30)24-7-9-27-10-8-24/h1-6,11-12H,7-10,13-14H2,(H,23,26). The second-order valence-electron chi connectivity index (χ2n) is 7.21. The molecule has 0 bridgehead atoms. The summed E-state index contributed by atoms with van der Waals surface area (Å²) in [5, 5.41) is 3.98. The zero-order chi connectivity index (χ0) is 20.5. The number of para-hydroxylation sites is 1. The third-order valence-electron chi connectivity index (χ3n) is 5.29. The van der Waals surface area contributed by atoms with Crippen molar-refractivity contribution >= 4 is 39.7 Å². The Kier molecular flexibility index (Phi) is 5.02. The molecule has 0 saturated carbocycles. The van der Waals surface area contributed by atoms with Crippen LogP contribution < -0.4 is 14.8 Å². The molecule has 1 amide bonds. The molecule has 5 rings (SSSR count). The number of rotatable bonds is 4. The number of amides is 1. The lowest BCUT2D eigenvalue weighted by atomic mass is 10.1. The van der Waals surface area contributed by atoms with Crippen LogP contribution in [0, 0.1) is 0 Å². The van der Waals surface area contributed by atoms with E-state index in [4.69, 9.17) is 26.4 Å². The van der Waals surface area contributed by atoms with Gasteiger partial charge in [0.2, 0.25) is 12.7 Å². The number of fused-ring (bicyclic) bond motifs is 2. The van der Waals surface area contributed by atoms with Gasteiger partial charge in [-0.15, -0.1) is 0 Å². The quantitative estimate of drug-likeness (QED) is 0.651. The molecule has 154 valence electrons. The number of carbonyl (C=O) groups is 1. The van der Waals surface area contributed by atoms with Gasteiger partial charge in [-0.2, -0.15) is 0 Å². The number of aromatic nitrogens is 1. The minimum absolute atomic E-state index is 0.126. The number of nitrogens with one attached hydrogen (secondary N) is 1. The van der Waals surface area contributed by atoms with Gasteiger partial charge in [0.15, 0.2) is 11.5 Å². The Balaban J connectivity index is 1.37. The lowest BCUT2D eigenvalue weighted by molar-refractivity contribution is -0.116. The van der Waals surface area contributed by atoms with E-state index in [1.807, 2.05) is 35.0 Å². The molecule has 2 aromatic carbocycles. The summed E-state index contributed by atoms with van der Waals surface area (Å²) < 4.78 is 18.1. The van der Waals surface area contributed by atoms with Crippen molar-refractivity contribution in [3.63, 3.8) is 0 Å². The SMILES string of the molecule is O=C(Cn1cc(C(=S)N2CCOCC2)c2ccccc21)Nc1ccc2c(c1)OCO2. The van der Waals surface area contributed by atoms with Crippen molar-refractivity contribution in [1.29, 1.82) is 0 Å². The highest BCUT2D eigenvalue weighted by Gasteiger charge is 2.20. The Labute approximate surface area is 179 Å². The van der Waals surface area contributed by atoms with Gasteiger partial charge in [-0.3, -0.25) is 4.79 Å². The summed E-state index contributed by atoms with van der Waals surface area (Å²) in [5.41, 5.74) is 2.62. The Morgan fingerprint density at radius 1 is 1.07 bits per heavy atom. The van der Waals surface area contributed by atoms with Crippen molar-refractivity contribution in [2.45, 2.75) is 6.54 Å². The molecule has 0 spiro atoms. The van der Waals surface area contributed by atoms with Crippen LogP contribution in [0.3, 0.4) is 0 Å². The first-order valence-corrected chi connectivity index (χ1v) is 10.2. The van der Waals surface area contributed by atoms with E-state index >= 15 is 0 Å². The van der Waals surface area contributed by atoms with Crippen LogP contribution in [0.4, 0.5) is 5.69 Å². The van der Waals surface area contributed by atoms with E-state index in [1.165, 1.54) is 0 Å². The monoisotopic (exact) mass is 423 g/mol. The second-order valence-corrected chi connectivity index (χ2v) is 7.60. The highest BCUT2D eigenvalue weighted by Crippen LogP contribution is 2.34. The van der Waals surface area contributed by atoms with E-state index in [1.54, 1.807) is 18.2 Å². The summed E-state index contributed by atoms with van der Waals surface area (Å²) in [7, 11) is 0. The van der Waals surface area contributed by atoms with Crippen LogP contribution in [0.5, 0.6) is 11.5 Å². The van der Waals surface area contributed by atoms with E-state index in [2.05, 4.69) is 10.2 Å². The highest BCUT2D eigenvalue weighted by atomic mass is 32.1. The third-order valence-corrected chi connectivity index (χ3v) is 5.77. The van der Waals surface area contributed by atoms with Crippen LogP contribution in [0.1, 0.15) is 5.56 Å². The van der Waals surface area contributed by atoms with Crippen LogP contribution in [-0.4, -0.2) is 53.5 Å². The predicted octanol–water partition coefficient (Wildman–Crippen LogP) is 3.02. The summed E-state index contributed by atoms with van der Waals surface area (Å²) in [6.45, 7) is 3.30. The van der Waals surface area contributed by atoms with Crippen molar-refractivity contribution in [1.82, 2.24) is 9.47 Å². The fraction of sp³-hybridized carbons (Fsp3) is 0.273. The Morgan fingerprint density at radius 2 is 1.87 bits per heavy atom. The number of thiocarbonyl (C=S) groups is 1. The van der Waals surface area contributed by atoms with Gasteiger partial charge in [0, 0.05) is 47.5 Å². The minimum Gasteiger partial charge on any atom is -0.454 e. The van der Waals surface area contributed by atoms with E-state index in [-0.39, 0.29) is 19.2 Å². The predicted molar refractivity (Wildman–Crippen MR) is 117 cm³/mol. The zero-order valence-electron chi connectivity index (χ0n) is 16.3. The molecule has 0 unspecified atom stereocenters. The maximum atomic E-state index is 12.7. The number of benzene rings is 2. The van der Waals surface area contributed by atoms with Crippen LogP contribution in [-0.2, 0) is 16.1 Å². The summed E-state index contributed by atoms with van der Waals surface area (Å²) in [5.74, 6) is 1.20. The molecule has 1 N–H and O–H groups in total. The molecule has 0 aliphatic carbocycles. The van der Waals surface area contributed by atoms with Gasteiger partial charge in [0.25, 0.3) is 0 Å². The van der Waals surface area contributed by atoms with Gasteiger partial charge < -0.3 is 29.0 Å². The number of anilines is 1. The van der Waals surface area contributed by atoms with Crippen LogP contribution >= 0.6 is 12.2 Å². The number of ether oxygens (including phenoxy) is 3. The van der Waals surface area contributed by atoms with Gasteiger partial charge in [-0.1, -0.05) is 30.4 Å². The van der Waals surface area contributed by atoms with E-state index < -0.39 is 0 Å². The first-order chi connectivity index (χ1) is 14.7. The highest BCUT2D eigenvalue weighted by molar-refractivity contribution is 7.80. The van der Waals surface area contributed by atoms with Gasteiger partial charge >= 0.3 is 0 Å². The normalized spacial score (nSPS) is 15.4. The Bertz CT molecular complexity index is 1120. The fourth-order valence-electron chi connectivity index (χ4n) is 3.81. The van der Waals surface area contributed by atoms with Crippen molar-refractivity contribution in [3.8, 4) is 11.5 Å². The van der Waals surface area contributed by atoms with E-state index in [9.17, 15) is 4.79 Å². The molecule has 2 aliphatic rings. The summed E-state index contributed by atoms with van der Waals surface area (Å²) in [6, 6.07) is 13.4. The number of hydrogen-bond donors (Lipinski definition) is 1. The molecule has 1 saturated heterocycles. The molecular weight excluding hydrogens is 402 g/mol. The first-order valence-electron chi connectivity index (χ1n) is 9.83. The average molecular weight is 423 g/mol. The van der Waals surface area contributed by atoms with E-state index in [0.717, 1.165) is 34.5 Å². The maximum Gasteiger partial charge on any atom is 0.244 e. The van der Waals surface area contributed by atoms with Gasteiger partial charge in [0.1, 0.15) is 11.5 Å². The molecule has 2 aliphatic heterocycles. The molecule has 3 aromatic rings. The molecule has 3 heterocycles. The van der Waals surface area contributed by atoms with Gasteiger partial charge in [0.05, 0.1) is 13.2 Å². The number of morpholine rings is 1.